The van der Waals surface area contributed by atoms with Gasteiger partial charge < -0.3 is 15.7 Å². The Morgan fingerprint density at radius 2 is 1.51 bits per heavy atom. The lowest BCUT2D eigenvalue weighted by Gasteiger charge is -2.37. The molecule has 1 aliphatic carbocycles. The van der Waals surface area contributed by atoms with Crippen LogP contribution in [0.15, 0.2) is 73.1 Å². The summed E-state index contributed by atoms with van der Waals surface area (Å²) in [6.45, 7) is 9.32. The summed E-state index contributed by atoms with van der Waals surface area (Å²) in [5.74, 6) is 1.24. The molecule has 200 valence electrons. The van der Waals surface area contributed by atoms with E-state index in [2.05, 4.69) is 97.5 Å². The van der Waals surface area contributed by atoms with Gasteiger partial charge in [0.05, 0.1) is 0 Å². The molecule has 3 N–H and O–H groups in total. The number of hydrogen-bond acceptors (Lipinski definition) is 2. The molecule has 0 radical (unpaired) electrons. The fourth-order valence-electron chi connectivity index (χ4n) is 5.38. The second kappa shape index (κ2) is 14.2. The summed E-state index contributed by atoms with van der Waals surface area (Å²) in [4.78, 5) is 20.3. The Hall–Kier alpha value is -2.89. The third-order valence-electron chi connectivity index (χ3n) is 7.35. The first-order valence-electron chi connectivity index (χ1n) is 13.1. The van der Waals surface area contributed by atoms with Crippen LogP contribution in [0.5, 0.6) is 0 Å². The number of benzene rings is 2. The SMILES string of the molecule is CC(C)c1cccc(C(C)C)c1NC(=O)N(Cc1cccnc1)C1CCC(c2ccccc2)CC1.Cl.O. The molecule has 2 aromatic carbocycles. The van der Waals surface area contributed by atoms with Gasteiger partial charge in [0.1, 0.15) is 0 Å². The van der Waals surface area contributed by atoms with Gasteiger partial charge in [-0.3, -0.25) is 4.98 Å². The van der Waals surface area contributed by atoms with E-state index in [1.54, 1.807) is 6.20 Å². The predicted octanol–water partition coefficient (Wildman–Crippen LogP) is 7.69. The van der Waals surface area contributed by atoms with Crippen molar-refractivity contribution in [3.05, 3.63) is 95.3 Å². The Balaban J connectivity index is 0.00000241. The second-order valence-corrected chi connectivity index (χ2v) is 10.5. The summed E-state index contributed by atoms with van der Waals surface area (Å²) >= 11 is 0. The Bertz CT molecular complexity index is 1070. The normalized spacial score (nSPS) is 17.0. The maximum absolute atomic E-state index is 13.9. The van der Waals surface area contributed by atoms with Crippen LogP contribution in [0.25, 0.3) is 0 Å². The number of aromatic nitrogens is 1. The maximum atomic E-state index is 13.9. The monoisotopic (exact) mass is 523 g/mol. The van der Waals surface area contributed by atoms with Crippen LogP contribution in [0.3, 0.4) is 0 Å². The number of pyridine rings is 1. The summed E-state index contributed by atoms with van der Waals surface area (Å²) in [5, 5.41) is 3.37. The van der Waals surface area contributed by atoms with Crippen LogP contribution in [-0.2, 0) is 6.54 Å². The van der Waals surface area contributed by atoms with Crippen LogP contribution in [0.4, 0.5) is 10.5 Å². The third-order valence-corrected chi connectivity index (χ3v) is 7.35. The number of amides is 2. The van der Waals surface area contributed by atoms with Crippen molar-refractivity contribution in [1.29, 1.82) is 0 Å². The number of carbonyl (C=O) groups is 1. The summed E-state index contributed by atoms with van der Waals surface area (Å²) in [6.07, 6.45) is 7.88. The smallest absolute Gasteiger partial charge is 0.322 e. The molecule has 0 saturated heterocycles. The van der Waals surface area contributed by atoms with Crippen molar-refractivity contribution in [2.75, 3.05) is 5.32 Å². The fraction of sp³-hybridized carbons (Fsp3) is 0.419. The Morgan fingerprint density at radius 1 is 0.892 bits per heavy atom. The van der Waals surface area contributed by atoms with Gasteiger partial charge in [0, 0.05) is 30.7 Å². The topological polar surface area (TPSA) is 76.7 Å². The highest BCUT2D eigenvalue weighted by Crippen LogP contribution is 2.36. The van der Waals surface area contributed by atoms with E-state index in [4.69, 9.17) is 0 Å². The van der Waals surface area contributed by atoms with E-state index in [1.807, 2.05) is 12.3 Å². The van der Waals surface area contributed by atoms with E-state index in [0.717, 1.165) is 36.9 Å². The van der Waals surface area contributed by atoms with E-state index in [-0.39, 0.29) is 30.0 Å². The molecule has 1 saturated carbocycles. The van der Waals surface area contributed by atoms with E-state index in [9.17, 15) is 4.79 Å². The lowest BCUT2D eigenvalue weighted by molar-refractivity contribution is 0.158. The first-order chi connectivity index (χ1) is 16.9. The molecular formula is C31H42ClN3O2. The molecule has 1 aromatic heterocycles. The molecule has 3 aromatic rings. The van der Waals surface area contributed by atoms with E-state index < -0.39 is 0 Å². The highest BCUT2D eigenvalue weighted by atomic mass is 35.5. The molecule has 1 aliphatic rings. The fourth-order valence-corrected chi connectivity index (χ4v) is 5.38. The van der Waals surface area contributed by atoms with Crippen molar-refractivity contribution in [3.8, 4) is 0 Å². The van der Waals surface area contributed by atoms with Crippen LogP contribution in [-0.4, -0.2) is 27.4 Å². The maximum Gasteiger partial charge on any atom is 0.322 e. The van der Waals surface area contributed by atoms with Crippen LogP contribution in [0, 0.1) is 0 Å². The Labute approximate surface area is 228 Å². The molecule has 1 heterocycles. The quantitative estimate of drug-likeness (QED) is 0.344. The minimum atomic E-state index is -0.00739. The Kier molecular flexibility index (Phi) is 11.6. The van der Waals surface area contributed by atoms with Crippen LogP contribution in [0.2, 0.25) is 0 Å². The zero-order valence-electron chi connectivity index (χ0n) is 22.5. The first-order valence-corrected chi connectivity index (χ1v) is 13.1. The number of nitrogens with zero attached hydrogens (tertiary/aromatic N) is 2. The van der Waals surface area contributed by atoms with Crippen molar-refractivity contribution in [1.82, 2.24) is 9.88 Å². The van der Waals surface area contributed by atoms with Crippen molar-refractivity contribution < 1.29 is 10.3 Å². The second-order valence-electron chi connectivity index (χ2n) is 10.5. The number of halogens is 1. The van der Waals surface area contributed by atoms with E-state index in [1.165, 1.54) is 16.7 Å². The molecule has 0 unspecified atom stereocenters. The zero-order valence-corrected chi connectivity index (χ0v) is 23.3. The summed E-state index contributed by atoms with van der Waals surface area (Å²) < 4.78 is 0. The Morgan fingerprint density at radius 3 is 2.05 bits per heavy atom. The van der Waals surface area contributed by atoms with E-state index in [0.29, 0.717) is 24.3 Å². The minimum Gasteiger partial charge on any atom is -0.412 e. The molecule has 0 aliphatic heterocycles. The first kappa shape index (κ1) is 30.3. The van der Waals surface area contributed by atoms with Gasteiger partial charge in [-0.25, -0.2) is 4.79 Å². The molecule has 1 fully saturated rings. The van der Waals surface area contributed by atoms with Gasteiger partial charge in [-0.15, -0.1) is 12.4 Å². The number of anilines is 1. The highest BCUT2D eigenvalue weighted by Gasteiger charge is 2.30. The molecule has 4 rings (SSSR count). The van der Waals surface area contributed by atoms with Crippen molar-refractivity contribution in [2.45, 2.75) is 83.7 Å². The van der Waals surface area contributed by atoms with Gasteiger partial charge in [-0.05, 0) is 71.8 Å². The average molecular weight is 524 g/mol. The number of urea groups is 1. The van der Waals surface area contributed by atoms with Gasteiger partial charge in [0.2, 0.25) is 0 Å². The van der Waals surface area contributed by atoms with Crippen LogP contribution >= 0.6 is 12.4 Å². The average Bonchev–Trinajstić information content (AvgIpc) is 2.88. The number of hydrogen-bond donors (Lipinski definition) is 1. The number of rotatable bonds is 7. The lowest BCUT2D eigenvalue weighted by atomic mass is 9.81. The standard InChI is InChI=1S/C31H39N3O.ClH.H2O/c1-22(2)28-13-8-14-29(23(3)4)30(28)33-31(35)34(21-24-10-9-19-32-20-24)27-17-15-26(16-18-27)25-11-6-5-7-12-25;;/h5-14,19-20,22-23,26-27H,15-18,21H2,1-4H3,(H,33,35);1H;1H2. The third kappa shape index (κ3) is 7.56. The number of nitrogens with one attached hydrogen (secondary N) is 1. The zero-order chi connectivity index (χ0) is 24.8. The van der Waals surface area contributed by atoms with Crippen molar-refractivity contribution in [3.63, 3.8) is 0 Å². The van der Waals surface area contributed by atoms with Gasteiger partial charge in [0.25, 0.3) is 0 Å². The largest absolute Gasteiger partial charge is 0.412 e. The molecule has 5 nitrogen and oxygen atoms in total. The molecule has 37 heavy (non-hydrogen) atoms. The molecule has 0 bridgehead atoms. The van der Waals surface area contributed by atoms with Crippen molar-refractivity contribution >= 4 is 24.1 Å². The van der Waals surface area contributed by atoms with Crippen molar-refractivity contribution in [2.24, 2.45) is 0 Å². The predicted molar refractivity (Wildman–Crippen MR) is 156 cm³/mol. The lowest BCUT2D eigenvalue weighted by Crippen LogP contribution is -2.44. The molecule has 0 atom stereocenters. The van der Waals surface area contributed by atoms with Gasteiger partial charge in [0.15, 0.2) is 0 Å². The van der Waals surface area contributed by atoms with Crippen LogP contribution in [0.1, 0.15) is 93.4 Å². The van der Waals surface area contributed by atoms with E-state index >= 15 is 0 Å². The molecule has 2 amide bonds. The number of para-hydroxylation sites is 1. The summed E-state index contributed by atoms with van der Waals surface area (Å²) in [6, 6.07) is 21.4. The summed E-state index contributed by atoms with van der Waals surface area (Å²) in [7, 11) is 0. The van der Waals surface area contributed by atoms with Gasteiger partial charge >= 0.3 is 6.03 Å². The molecule has 0 spiro atoms. The van der Waals surface area contributed by atoms with Crippen LogP contribution < -0.4 is 5.32 Å². The molecule has 6 heteroatoms. The molecular weight excluding hydrogens is 482 g/mol. The summed E-state index contributed by atoms with van der Waals surface area (Å²) in [5.41, 5.74) is 5.85. The minimum absolute atomic E-state index is 0. The van der Waals surface area contributed by atoms with Gasteiger partial charge in [-0.2, -0.15) is 0 Å². The number of carbonyl (C=O) groups excluding carboxylic acids is 1. The highest BCUT2D eigenvalue weighted by molar-refractivity contribution is 5.91. The van der Waals surface area contributed by atoms with Gasteiger partial charge in [-0.1, -0.05) is 82.3 Å².